The first-order chi connectivity index (χ1) is 12.2. The molecule has 10 heteroatoms. The number of amidine groups is 2. The molecule has 0 spiro atoms. The minimum Gasteiger partial charge on any atom is -0.322 e. The molecule has 0 bridgehead atoms. The lowest BCUT2D eigenvalue weighted by molar-refractivity contribution is 0.367. The SMILES string of the molecule is CC(C)(CCSCCSCCC(C)(C)C/C(=N/N)NN)C/C(=N/N)NN. The number of thioether (sulfide) groups is 2. The van der Waals surface area contributed by atoms with Crippen LogP contribution in [0.1, 0.15) is 53.4 Å². The van der Waals surface area contributed by atoms with E-state index in [2.05, 4.69) is 48.7 Å². The molecule has 0 unspecified atom stereocenters. The van der Waals surface area contributed by atoms with Crippen LogP contribution in [0.25, 0.3) is 0 Å². The summed E-state index contributed by atoms with van der Waals surface area (Å²) < 4.78 is 0. The molecule has 0 heterocycles. The second-order valence-corrected chi connectivity index (χ2v) is 10.3. The van der Waals surface area contributed by atoms with Gasteiger partial charge in [-0.1, -0.05) is 27.7 Å². The fourth-order valence-corrected chi connectivity index (χ4v) is 5.12. The second-order valence-electron chi connectivity index (χ2n) is 7.85. The van der Waals surface area contributed by atoms with E-state index in [9.17, 15) is 0 Å². The Morgan fingerprint density at radius 1 is 0.731 bits per heavy atom. The van der Waals surface area contributed by atoms with E-state index in [0.29, 0.717) is 11.7 Å². The van der Waals surface area contributed by atoms with Gasteiger partial charge in [-0.15, -0.1) is 0 Å². The van der Waals surface area contributed by atoms with Crippen LogP contribution in [0.3, 0.4) is 0 Å². The predicted octanol–water partition coefficient (Wildman–Crippen LogP) is 1.54. The van der Waals surface area contributed by atoms with E-state index in [1.54, 1.807) is 0 Å². The molecular weight excluding hydrogens is 368 g/mol. The van der Waals surface area contributed by atoms with Crippen LogP contribution in [0.15, 0.2) is 10.2 Å². The van der Waals surface area contributed by atoms with Crippen molar-refractivity contribution in [1.82, 2.24) is 10.9 Å². The first kappa shape index (κ1) is 25.2. The number of hydrazine groups is 2. The summed E-state index contributed by atoms with van der Waals surface area (Å²) in [6.45, 7) is 8.84. The highest BCUT2D eigenvalue weighted by molar-refractivity contribution is 8.02. The quantitative estimate of drug-likeness (QED) is 0.0885. The predicted molar refractivity (Wildman–Crippen MR) is 119 cm³/mol. The molecular formula is C16H38N8S2. The number of hydrogen-bond donors (Lipinski definition) is 6. The number of hydrogen-bond acceptors (Lipinski definition) is 8. The fraction of sp³-hybridized carbons (Fsp3) is 0.875. The Hall–Kier alpha value is -0.840. The third kappa shape index (κ3) is 12.5. The average molecular weight is 407 g/mol. The lowest BCUT2D eigenvalue weighted by Gasteiger charge is -2.25. The van der Waals surface area contributed by atoms with Crippen molar-refractivity contribution in [2.45, 2.75) is 53.4 Å². The summed E-state index contributed by atoms with van der Waals surface area (Å²) in [6.07, 6.45) is 3.72. The van der Waals surface area contributed by atoms with Crippen molar-refractivity contribution in [2.75, 3.05) is 23.0 Å². The van der Waals surface area contributed by atoms with Crippen LogP contribution in [0.5, 0.6) is 0 Å². The van der Waals surface area contributed by atoms with Gasteiger partial charge in [-0.05, 0) is 35.2 Å². The maximum Gasteiger partial charge on any atom is 0.136 e. The van der Waals surface area contributed by atoms with Crippen LogP contribution in [0.4, 0.5) is 0 Å². The van der Waals surface area contributed by atoms with Crippen molar-refractivity contribution in [1.29, 1.82) is 0 Å². The highest BCUT2D eigenvalue weighted by Gasteiger charge is 2.21. The first-order valence-electron chi connectivity index (χ1n) is 8.82. The summed E-state index contributed by atoms with van der Waals surface area (Å²) in [4.78, 5) is 0. The number of nitrogens with two attached hydrogens (primary N) is 4. The van der Waals surface area contributed by atoms with Crippen LogP contribution in [0, 0.1) is 10.8 Å². The molecule has 10 N–H and O–H groups in total. The molecule has 0 aliphatic heterocycles. The molecule has 0 radical (unpaired) electrons. The van der Waals surface area contributed by atoms with Gasteiger partial charge in [0.15, 0.2) is 0 Å². The van der Waals surface area contributed by atoms with Gasteiger partial charge in [0, 0.05) is 24.3 Å². The molecule has 0 atom stereocenters. The van der Waals surface area contributed by atoms with E-state index in [0.717, 1.165) is 48.7 Å². The molecule has 0 saturated heterocycles. The average Bonchev–Trinajstić information content (AvgIpc) is 2.59. The fourth-order valence-electron chi connectivity index (χ4n) is 2.37. The summed E-state index contributed by atoms with van der Waals surface area (Å²) in [6, 6.07) is 0. The van der Waals surface area contributed by atoms with Gasteiger partial charge in [0.25, 0.3) is 0 Å². The third-order valence-corrected chi connectivity index (χ3v) is 6.38. The molecule has 0 rings (SSSR count). The van der Waals surface area contributed by atoms with Crippen LogP contribution in [-0.4, -0.2) is 34.7 Å². The normalized spacial score (nSPS) is 13.8. The molecule has 0 amide bonds. The Morgan fingerprint density at radius 2 is 1.08 bits per heavy atom. The second kappa shape index (κ2) is 13.3. The van der Waals surface area contributed by atoms with E-state index in [1.165, 1.54) is 0 Å². The van der Waals surface area contributed by atoms with Crippen LogP contribution in [0.2, 0.25) is 0 Å². The summed E-state index contributed by atoms with van der Waals surface area (Å²) in [7, 11) is 0. The lowest BCUT2D eigenvalue weighted by atomic mass is 9.86. The molecule has 0 fully saturated rings. The van der Waals surface area contributed by atoms with Gasteiger partial charge in [-0.2, -0.15) is 33.7 Å². The van der Waals surface area contributed by atoms with E-state index in [4.69, 9.17) is 23.4 Å². The van der Waals surface area contributed by atoms with Gasteiger partial charge < -0.3 is 22.5 Å². The first-order valence-corrected chi connectivity index (χ1v) is 11.1. The van der Waals surface area contributed by atoms with Crippen molar-refractivity contribution in [3.8, 4) is 0 Å². The van der Waals surface area contributed by atoms with Crippen molar-refractivity contribution in [3.63, 3.8) is 0 Å². The summed E-state index contributed by atoms with van der Waals surface area (Å²) in [5.74, 6) is 27.3. The van der Waals surface area contributed by atoms with E-state index in [1.807, 2.05) is 23.5 Å². The summed E-state index contributed by atoms with van der Waals surface area (Å²) in [5.41, 5.74) is 5.37. The number of nitrogens with zero attached hydrogens (tertiary/aromatic N) is 2. The van der Waals surface area contributed by atoms with Crippen molar-refractivity contribution < 1.29 is 0 Å². The Bertz CT molecular complexity index is 398. The maximum atomic E-state index is 5.40. The van der Waals surface area contributed by atoms with E-state index >= 15 is 0 Å². The Morgan fingerprint density at radius 3 is 1.35 bits per heavy atom. The Kier molecular flexibility index (Phi) is 12.9. The van der Waals surface area contributed by atoms with Crippen LogP contribution < -0.4 is 34.2 Å². The van der Waals surface area contributed by atoms with Crippen molar-refractivity contribution >= 4 is 35.2 Å². The molecule has 154 valence electrons. The largest absolute Gasteiger partial charge is 0.322 e. The van der Waals surface area contributed by atoms with Crippen LogP contribution >= 0.6 is 23.5 Å². The molecule has 0 aromatic rings. The monoisotopic (exact) mass is 406 g/mol. The minimum absolute atomic E-state index is 0.133. The zero-order valence-corrected chi connectivity index (χ0v) is 18.3. The number of hydrazone groups is 2. The van der Waals surface area contributed by atoms with Crippen LogP contribution in [-0.2, 0) is 0 Å². The number of nitrogens with one attached hydrogen (secondary N) is 2. The van der Waals surface area contributed by atoms with E-state index in [-0.39, 0.29) is 10.8 Å². The Labute approximate surface area is 167 Å². The zero-order chi connectivity index (χ0) is 20.1. The smallest absolute Gasteiger partial charge is 0.136 e. The third-order valence-electron chi connectivity index (χ3n) is 4.16. The summed E-state index contributed by atoms with van der Waals surface area (Å²) in [5, 5.41) is 7.33. The number of rotatable bonds is 13. The standard InChI is InChI=1S/C16H38N8S2/c1-15(2,11-13(21-17)22-18)5-7-25-9-10-26-8-6-16(3,4)12-14(23-19)24-20/h5-12,17-20H2,1-4H3,(H,21,22)(H,23,24). The molecule has 0 aliphatic rings. The maximum absolute atomic E-state index is 5.40. The van der Waals surface area contributed by atoms with Gasteiger partial charge >= 0.3 is 0 Å². The molecule has 0 aliphatic carbocycles. The van der Waals surface area contributed by atoms with Crippen molar-refractivity contribution in [2.24, 2.45) is 44.4 Å². The molecule has 26 heavy (non-hydrogen) atoms. The summed E-state index contributed by atoms with van der Waals surface area (Å²) >= 11 is 3.98. The molecule has 8 nitrogen and oxygen atoms in total. The van der Waals surface area contributed by atoms with Gasteiger partial charge in [-0.25, -0.2) is 11.7 Å². The highest BCUT2D eigenvalue weighted by atomic mass is 32.2. The van der Waals surface area contributed by atoms with Crippen molar-refractivity contribution in [3.05, 3.63) is 0 Å². The zero-order valence-electron chi connectivity index (χ0n) is 16.7. The molecule has 0 aromatic heterocycles. The van der Waals surface area contributed by atoms with E-state index < -0.39 is 0 Å². The Balaban J connectivity index is 3.82. The van der Waals surface area contributed by atoms with Gasteiger partial charge in [0.2, 0.25) is 0 Å². The molecule has 0 aromatic carbocycles. The van der Waals surface area contributed by atoms with Gasteiger partial charge in [0.1, 0.15) is 11.7 Å². The highest BCUT2D eigenvalue weighted by Crippen LogP contribution is 2.29. The molecule has 0 saturated carbocycles. The lowest BCUT2D eigenvalue weighted by Crippen LogP contribution is -2.35. The van der Waals surface area contributed by atoms with Gasteiger partial charge in [0.05, 0.1) is 0 Å². The minimum atomic E-state index is 0.133. The topological polar surface area (TPSA) is 153 Å². The van der Waals surface area contributed by atoms with Gasteiger partial charge in [-0.3, -0.25) is 0 Å².